The summed E-state index contributed by atoms with van der Waals surface area (Å²) in [7, 11) is 1.73. The SMILES string of the molecule is COC1CCCN(C(=O)CCCCBr)C1. The zero-order valence-corrected chi connectivity index (χ0v) is 11.0. The number of nitrogens with zero attached hydrogens (tertiary/aromatic N) is 1. The van der Waals surface area contributed by atoms with E-state index < -0.39 is 0 Å². The number of piperidine rings is 1. The van der Waals surface area contributed by atoms with Crippen molar-refractivity contribution in [2.75, 3.05) is 25.5 Å². The average Bonchev–Trinajstić information content (AvgIpc) is 2.29. The number of rotatable bonds is 5. The Balaban J connectivity index is 2.25. The Kier molecular flexibility index (Phi) is 6.25. The molecule has 1 aliphatic rings. The Morgan fingerprint density at radius 1 is 1.53 bits per heavy atom. The van der Waals surface area contributed by atoms with Crippen LogP contribution in [0.2, 0.25) is 0 Å². The largest absolute Gasteiger partial charge is 0.380 e. The third-order valence-electron chi connectivity index (χ3n) is 2.84. The molecule has 0 aliphatic carbocycles. The Hall–Kier alpha value is -0.0900. The normalized spacial score (nSPS) is 21.7. The van der Waals surface area contributed by atoms with Gasteiger partial charge in [-0.1, -0.05) is 15.9 Å². The summed E-state index contributed by atoms with van der Waals surface area (Å²) in [4.78, 5) is 13.7. The van der Waals surface area contributed by atoms with Crippen molar-refractivity contribution in [2.45, 2.75) is 38.2 Å². The molecule has 1 fully saturated rings. The first-order valence-electron chi connectivity index (χ1n) is 5.64. The van der Waals surface area contributed by atoms with E-state index >= 15 is 0 Å². The molecule has 1 unspecified atom stereocenters. The topological polar surface area (TPSA) is 29.5 Å². The number of carbonyl (C=O) groups is 1. The lowest BCUT2D eigenvalue weighted by Crippen LogP contribution is -2.42. The van der Waals surface area contributed by atoms with E-state index in [1.165, 1.54) is 0 Å². The monoisotopic (exact) mass is 277 g/mol. The number of methoxy groups -OCH3 is 1. The Bertz CT molecular complexity index is 199. The van der Waals surface area contributed by atoms with Gasteiger partial charge in [0.25, 0.3) is 0 Å². The van der Waals surface area contributed by atoms with E-state index in [-0.39, 0.29) is 12.0 Å². The van der Waals surface area contributed by atoms with Crippen molar-refractivity contribution in [1.29, 1.82) is 0 Å². The number of carbonyl (C=O) groups excluding carboxylic acids is 1. The number of alkyl halides is 1. The molecule has 0 radical (unpaired) electrons. The minimum absolute atomic E-state index is 0.249. The van der Waals surface area contributed by atoms with E-state index in [1.54, 1.807) is 7.11 Å². The Morgan fingerprint density at radius 2 is 2.33 bits per heavy atom. The van der Waals surface area contributed by atoms with E-state index in [0.29, 0.717) is 6.42 Å². The third-order valence-corrected chi connectivity index (χ3v) is 3.40. The van der Waals surface area contributed by atoms with Gasteiger partial charge in [-0.3, -0.25) is 4.79 Å². The highest BCUT2D eigenvalue weighted by atomic mass is 79.9. The van der Waals surface area contributed by atoms with Crippen LogP contribution in [0.5, 0.6) is 0 Å². The summed E-state index contributed by atoms with van der Waals surface area (Å²) in [5.41, 5.74) is 0. The quantitative estimate of drug-likeness (QED) is 0.570. The average molecular weight is 278 g/mol. The van der Waals surface area contributed by atoms with Crippen molar-refractivity contribution in [3.8, 4) is 0 Å². The van der Waals surface area contributed by atoms with Crippen LogP contribution in [0.1, 0.15) is 32.1 Å². The molecule has 1 rings (SSSR count). The van der Waals surface area contributed by atoms with Gasteiger partial charge in [0.2, 0.25) is 5.91 Å². The lowest BCUT2D eigenvalue weighted by atomic mass is 10.1. The molecule has 1 heterocycles. The van der Waals surface area contributed by atoms with Crippen LogP contribution in [0.25, 0.3) is 0 Å². The maximum atomic E-state index is 11.8. The molecular formula is C11H20BrNO2. The first-order chi connectivity index (χ1) is 7.27. The summed E-state index contributed by atoms with van der Waals surface area (Å²) in [6.45, 7) is 1.69. The fraction of sp³-hybridized carbons (Fsp3) is 0.909. The van der Waals surface area contributed by atoms with Crippen LogP contribution in [0.4, 0.5) is 0 Å². The van der Waals surface area contributed by atoms with E-state index in [1.807, 2.05) is 4.90 Å². The summed E-state index contributed by atoms with van der Waals surface area (Å²) >= 11 is 3.37. The summed E-state index contributed by atoms with van der Waals surface area (Å²) in [6.07, 6.45) is 5.15. The molecule has 0 aromatic carbocycles. The molecule has 0 aromatic heterocycles. The molecule has 0 aromatic rings. The van der Waals surface area contributed by atoms with E-state index in [0.717, 1.165) is 44.1 Å². The van der Waals surface area contributed by atoms with Gasteiger partial charge in [-0.05, 0) is 25.7 Å². The lowest BCUT2D eigenvalue weighted by molar-refractivity contribution is -0.134. The summed E-state index contributed by atoms with van der Waals surface area (Å²) < 4.78 is 5.30. The molecule has 3 nitrogen and oxygen atoms in total. The van der Waals surface area contributed by atoms with Gasteiger partial charge in [-0.2, -0.15) is 0 Å². The van der Waals surface area contributed by atoms with Gasteiger partial charge in [-0.25, -0.2) is 0 Å². The number of hydrogen-bond donors (Lipinski definition) is 0. The van der Waals surface area contributed by atoms with Gasteiger partial charge >= 0.3 is 0 Å². The van der Waals surface area contributed by atoms with Crippen LogP contribution in [0, 0.1) is 0 Å². The molecule has 0 N–H and O–H groups in total. The van der Waals surface area contributed by atoms with Gasteiger partial charge in [0.1, 0.15) is 0 Å². The predicted molar refractivity (Wildman–Crippen MR) is 64.3 cm³/mol. The first-order valence-corrected chi connectivity index (χ1v) is 6.76. The standard InChI is InChI=1S/C11H20BrNO2/c1-15-10-5-4-8-13(9-10)11(14)6-2-3-7-12/h10H,2-9H2,1H3. The Morgan fingerprint density at radius 3 is 3.00 bits per heavy atom. The van der Waals surface area contributed by atoms with Gasteiger partial charge < -0.3 is 9.64 Å². The van der Waals surface area contributed by atoms with Crippen LogP contribution in [0.3, 0.4) is 0 Å². The van der Waals surface area contributed by atoms with Crippen molar-refractivity contribution < 1.29 is 9.53 Å². The molecule has 0 spiro atoms. The van der Waals surface area contributed by atoms with E-state index in [4.69, 9.17) is 4.74 Å². The second-order valence-electron chi connectivity index (χ2n) is 3.99. The van der Waals surface area contributed by atoms with Crippen LogP contribution < -0.4 is 0 Å². The molecule has 15 heavy (non-hydrogen) atoms. The van der Waals surface area contributed by atoms with Gasteiger partial charge in [0.05, 0.1) is 6.10 Å². The molecule has 0 bridgehead atoms. The second-order valence-corrected chi connectivity index (χ2v) is 4.78. The molecule has 88 valence electrons. The highest BCUT2D eigenvalue weighted by Crippen LogP contribution is 2.14. The fourth-order valence-electron chi connectivity index (χ4n) is 1.89. The van der Waals surface area contributed by atoms with Gasteiger partial charge in [0, 0.05) is 32.0 Å². The lowest BCUT2D eigenvalue weighted by Gasteiger charge is -2.32. The van der Waals surface area contributed by atoms with Crippen molar-refractivity contribution >= 4 is 21.8 Å². The van der Waals surface area contributed by atoms with Crippen LogP contribution in [-0.2, 0) is 9.53 Å². The second kappa shape index (κ2) is 7.23. The third kappa shape index (κ3) is 4.51. The molecule has 0 saturated carbocycles. The van der Waals surface area contributed by atoms with Crippen molar-refractivity contribution in [3.63, 3.8) is 0 Å². The zero-order valence-electron chi connectivity index (χ0n) is 9.38. The Labute approximate surface area is 100 Å². The van der Waals surface area contributed by atoms with Crippen molar-refractivity contribution in [1.82, 2.24) is 4.90 Å². The summed E-state index contributed by atoms with van der Waals surface area (Å²) in [5, 5.41) is 0.987. The minimum Gasteiger partial charge on any atom is -0.380 e. The zero-order chi connectivity index (χ0) is 11.1. The first kappa shape index (κ1) is 13.0. The molecule has 1 aliphatic heterocycles. The van der Waals surface area contributed by atoms with Crippen LogP contribution in [-0.4, -0.2) is 42.4 Å². The van der Waals surface area contributed by atoms with E-state index in [2.05, 4.69) is 15.9 Å². The number of amides is 1. The highest BCUT2D eigenvalue weighted by Gasteiger charge is 2.22. The number of likely N-dealkylation sites (tertiary alicyclic amines) is 1. The molecule has 4 heteroatoms. The summed E-state index contributed by atoms with van der Waals surface area (Å²) in [6, 6.07) is 0. The number of hydrogen-bond acceptors (Lipinski definition) is 2. The van der Waals surface area contributed by atoms with Crippen LogP contribution >= 0.6 is 15.9 Å². The maximum absolute atomic E-state index is 11.8. The number of halogens is 1. The predicted octanol–water partition coefficient (Wildman–Crippen LogP) is 2.19. The fourth-order valence-corrected chi connectivity index (χ4v) is 2.28. The minimum atomic E-state index is 0.249. The molecule has 1 amide bonds. The van der Waals surface area contributed by atoms with Crippen LogP contribution in [0.15, 0.2) is 0 Å². The van der Waals surface area contributed by atoms with Crippen molar-refractivity contribution in [3.05, 3.63) is 0 Å². The number of ether oxygens (including phenoxy) is 1. The molecule has 1 atom stereocenters. The molecular weight excluding hydrogens is 258 g/mol. The van der Waals surface area contributed by atoms with E-state index in [9.17, 15) is 4.79 Å². The smallest absolute Gasteiger partial charge is 0.222 e. The maximum Gasteiger partial charge on any atom is 0.222 e. The molecule has 1 saturated heterocycles. The van der Waals surface area contributed by atoms with Crippen molar-refractivity contribution in [2.24, 2.45) is 0 Å². The van der Waals surface area contributed by atoms with Gasteiger partial charge in [-0.15, -0.1) is 0 Å². The highest BCUT2D eigenvalue weighted by molar-refractivity contribution is 9.09. The number of unbranched alkanes of at least 4 members (excludes halogenated alkanes) is 1. The van der Waals surface area contributed by atoms with Gasteiger partial charge in [0.15, 0.2) is 0 Å². The summed E-state index contributed by atoms with van der Waals surface area (Å²) in [5.74, 6) is 0.290.